The van der Waals surface area contributed by atoms with Crippen LogP contribution in [-0.2, 0) is 4.74 Å². The lowest BCUT2D eigenvalue weighted by atomic mass is 10.2. The van der Waals surface area contributed by atoms with Gasteiger partial charge in [0.2, 0.25) is 0 Å². The summed E-state index contributed by atoms with van der Waals surface area (Å²) in [6, 6.07) is 3.86. The lowest BCUT2D eigenvalue weighted by molar-refractivity contribution is 0.198. The van der Waals surface area contributed by atoms with Crippen molar-refractivity contribution in [2.24, 2.45) is 0 Å². The van der Waals surface area contributed by atoms with Crippen LogP contribution in [0.1, 0.15) is 25.0 Å². The SMILES string of the molecule is COCCCSc1ccc([C@H](C)O)cn1. The molecule has 0 spiro atoms. The molecule has 1 aromatic rings. The van der Waals surface area contributed by atoms with Crippen LogP contribution in [0.25, 0.3) is 0 Å². The summed E-state index contributed by atoms with van der Waals surface area (Å²) in [5, 5.41) is 10.3. The van der Waals surface area contributed by atoms with Gasteiger partial charge in [-0.15, -0.1) is 11.8 Å². The van der Waals surface area contributed by atoms with E-state index in [9.17, 15) is 5.11 Å². The molecule has 0 fully saturated rings. The average Bonchev–Trinajstić information content (AvgIpc) is 2.25. The summed E-state index contributed by atoms with van der Waals surface area (Å²) < 4.78 is 4.96. The van der Waals surface area contributed by atoms with Crippen LogP contribution in [0.4, 0.5) is 0 Å². The Kier molecular flexibility index (Phi) is 5.68. The Hall–Kier alpha value is -0.580. The van der Waals surface area contributed by atoms with Crippen LogP contribution in [0.15, 0.2) is 23.4 Å². The van der Waals surface area contributed by atoms with Crippen molar-refractivity contribution in [2.45, 2.75) is 24.5 Å². The van der Waals surface area contributed by atoms with E-state index in [1.807, 2.05) is 12.1 Å². The van der Waals surface area contributed by atoms with Gasteiger partial charge in [0, 0.05) is 25.7 Å². The molecule has 0 amide bonds. The van der Waals surface area contributed by atoms with Crippen molar-refractivity contribution in [1.29, 1.82) is 0 Å². The van der Waals surface area contributed by atoms with Crippen LogP contribution in [0.5, 0.6) is 0 Å². The van der Waals surface area contributed by atoms with Crippen LogP contribution in [0, 0.1) is 0 Å². The topological polar surface area (TPSA) is 42.4 Å². The van der Waals surface area contributed by atoms with Crippen molar-refractivity contribution < 1.29 is 9.84 Å². The molecule has 84 valence electrons. The zero-order valence-electron chi connectivity index (χ0n) is 9.14. The molecule has 0 radical (unpaired) electrons. The maximum Gasteiger partial charge on any atom is 0.0960 e. The Balaban J connectivity index is 2.36. The first-order chi connectivity index (χ1) is 7.24. The Morgan fingerprint density at radius 3 is 2.87 bits per heavy atom. The fourth-order valence-corrected chi connectivity index (χ4v) is 1.87. The van der Waals surface area contributed by atoms with Crippen molar-refractivity contribution in [3.63, 3.8) is 0 Å². The molecule has 1 rings (SSSR count). The van der Waals surface area contributed by atoms with E-state index < -0.39 is 6.10 Å². The van der Waals surface area contributed by atoms with E-state index in [4.69, 9.17) is 4.74 Å². The molecule has 0 saturated heterocycles. The van der Waals surface area contributed by atoms with Crippen molar-refractivity contribution in [3.8, 4) is 0 Å². The lowest BCUT2D eigenvalue weighted by Crippen LogP contribution is -1.93. The van der Waals surface area contributed by atoms with E-state index in [1.165, 1.54) is 0 Å². The molecule has 4 heteroatoms. The molecule has 0 aliphatic rings. The van der Waals surface area contributed by atoms with E-state index in [1.54, 1.807) is 32.0 Å². The van der Waals surface area contributed by atoms with Gasteiger partial charge in [0.25, 0.3) is 0 Å². The monoisotopic (exact) mass is 227 g/mol. The molecule has 1 heterocycles. The lowest BCUT2D eigenvalue weighted by Gasteiger charge is -2.05. The fourth-order valence-electron chi connectivity index (χ4n) is 1.10. The second kappa shape index (κ2) is 6.82. The molecule has 0 unspecified atom stereocenters. The highest BCUT2D eigenvalue weighted by Gasteiger charge is 2.01. The van der Waals surface area contributed by atoms with Crippen LogP contribution < -0.4 is 0 Å². The number of aromatic nitrogens is 1. The van der Waals surface area contributed by atoms with Gasteiger partial charge in [0.05, 0.1) is 11.1 Å². The minimum Gasteiger partial charge on any atom is -0.389 e. The number of hydrogen-bond acceptors (Lipinski definition) is 4. The summed E-state index contributed by atoms with van der Waals surface area (Å²) in [4.78, 5) is 4.26. The first-order valence-electron chi connectivity index (χ1n) is 5.00. The Labute approximate surface area is 94.9 Å². The summed E-state index contributed by atoms with van der Waals surface area (Å²) >= 11 is 1.71. The number of ether oxygens (including phenoxy) is 1. The number of aliphatic hydroxyl groups is 1. The highest BCUT2D eigenvalue weighted by atomic mass is 32.2. The van der Waals surface area contributed by atoms with Gasteiger partial charge in [-0.3, -0.25) is 0 Å². The third-order valence-electron chi connectivity index (χ3n) is 1.98. The van der Waals surface area contributed by atoms with Crippen molar-refractivity contribution >= 4 is 11.8 Å². The number of aliphatic hydroxyl groups excluding tert-OH is 1. The van der Waals surface area contributed by atoms with Crippen molar-refractivity contribution in [1.82, 2.24) is 4.98 Å². The molecular weight excluding hydrogens is 210 g/mol. The minimum absolute atomic E-state index is 0.440. The predicted molar refractivity (Wildman–Crippen MR) is 62.1 cm³/mol. The first kappa shape index (κ1) is 12.5. The quantitative estimate of drug-likeness (QED) is 0.598. The summed E-state index contributed by atoms with van der Waals surface area (Å²) in [7, 11) is 1.71. The van der Waals surface area contributed by atoms with E-state index >= 15 is 0 Å². The largest absolute Gasteiger partial charge is 0.389 e. The number of rotatable bonds is 6. The third kappa shape index (κ3) is 4.64. The van der Waals surface area contributed by atoms with Gasteiger partial charge in [-0.05, 0) is 25.0 Å². The van der Waals surface area contributed by atoms with Gasteiger partial charge >= 0.3 is 0 Å². The second-order valence-corrected chi connectivity index (χ2v) is 4.42. The third-order valence-corrected chi connectivity index (χ3v) is 3.01. The zero-order valence-corrected chi connectivity index (χ0v) is 9.96. The normalized spacial score (nSPS) is 12.7. The smallest absolute Gasteiger partial charge is 0.0960 e. The maximum atomic E-state index is 9.30. The maximum absolute atomic E-state index is 9.30. The molecule has 1 N–H and O–H groups in total. The molecule has 0 aliphatic carbocycles. The van der Waals surface area contributed by atoms with E-state index in [-0.39, 0.29) is 0 Å². The van der Waals surface area contributed by atoms with Gasteiger partial charge in [-0.2, -0.15) is 0 Å². The van der Waals surface area contributed by atoms with E-state index in [2.05, 4.69) is 4.98 Å². The molecule has 0 aromatic carbocycles. The zero-order chi connectivity index (χ0) is 11.1. The van der Waals surface area contributed by atoms with E-state index in [0.717, 1.165) is 29.4 Å². The van der Waals surface area contributed by atoms with Crippen LogP contribution in [0.2, 0.25) is 0 Å². The molecular formula is C11H17NO2S. The molecule has 0 aliphatic heterocycles. The molecule has 1 aromatic heterocycles. The van der Waals surface area contributed by atoms with Gasteiger partial charge in [0.1, 0.15) is 0 Å². The van der Waals surface area contributed by atoms with Crippen molar-refractivity contribution in [3.05, 3.63) is 23.9 Å². The van der Waals surface area contributed by atoms with E-state index in [0.29, 0.717) is 0 Å². The molecule has 3 nitrogen and oxygen atoms in total. The standard InChI is InChI=1S/C11H17NO2S/c1-9(13)10-4-5-11(12-8-10)15-7-3-6-14-2/h4-5,8-9,13H,3,6-7H2,1-2H3/t9-/m0/s1. The summed E-state index contributed by atoms with van der Waals surface area (Å²) in [6.07, 6.45) is 2.31. The van der Waals surface area contributed by atoms with Crippen molar-refractivity contribution in [2.75, 3.05) is 19.5 Å². The second-order valence-electron chi connectivity index (χ2n) is 3.30. The first-order valence-corrected chi connectivity index (χ1v) is 5.98. The van der Waals surface area contributed by atoms with Crippen LogP contribution in [0.3, 0.4) is 0 Å². The predicted octanol–water partition coefficient (Wildman–Crippen LogP) is 2.26. The minimum atomic E-state index is -0.440. The summed E-state index contributed by atoms with van der Waals surface area (Å²) in [6.45, 7) is 2.53. The van der Waals surface area contributed by atoms with Gasteiger partial charge in [-0.1, -0.05) is 6.07 Å². The Morgan fingerprint density at radius 2 is 2.33 bits per heavy atom. The Morgan fingerprint density at radius 1 is 1.53 bits per heavy atom. The molecule has 0 saturated carbocycles. The van der Waals surface area contributed by atoms with Crippen LogP contribution in [-0.4, -0.2) is 29.6 Å². The summed E-state index contributed by atoms with van der Waals surface area (Å²) in [5.41, 5.74) is 0.858. The number of methoxy groups -OCH3 is 1. The number of nitrogens with zero attached hydrogens (tertiary/aromatic N) is 1. The number of thioether (sulfide) groups is 1. The van der Waals surface area contributed by atoms with Gasteiger partial charge in [-0.25, -0.2) is 4.98 Å². The fraction of sp³-hybridized carbons (Fsp3) is 0.545. The summed E-state index contributed by atoms with van der Waals surface area (Å²) in [5.74, 6) is 1.01. The van der Waals surface area contributed by atoms with Gasteiger partial charge < -0.3 is 9.84 Å². The van der Waals surface area contributed by atoms with Crippen LogP contribution >= 0.6 is 11.8 Å². The average molecular weight is 227 g/mol. The van der Waals surface area contributed by atoms with Gasteiger partial charge in [0.15, 0.2) is 0 Å². The molecule has 0 bridgehead atoms. The highest BCUT2D eigenvalue weighted by Crippen LogP contribution is 2.18. The molecule has 15 heavy (non-hydrogen) atoms. The Bertz CT molecular complexity index is 274. The number of pyridine rings is 1. The molecule has 1 atom stereocenters. The highest BCUT2D eigenvalue weighted by molar-refractivity contribution is 7.99. The number of hydrogen-bond donors (Lipinski definition) is 1.